The molecule has 1 saturated carbocycles. The van der Waals surface area contributed by atoms with E-state index in [-0.39, 0.29) is 0 Å². The van der Waals surface area contributed by atoms with Crippen molar-refractivity contribution in [2.24, 2.45) is 0 Å². The lowest BCUT2D eigenvalue weighted by molar-refractivity contribution is 0.211. The van der Waals surface area contributed by atoms with E-state index in [9.17, 15) is 0 Å². The molecular formula is C15H32N2. The summed E-state index contributed by atoms with van der Waals surface area (Å²) in [5.41, 5.74) is 0. The summed E-state index contributed by atoms with van der Waals surface area (Å²) in [6.07, 6.45) is 11.2. The normalized spacial score (nSPS) is 20.5. The topological polar surface area (TPSA) is 15.3 Å². The molecule has 1 unspecified atom stereocenters. The molecular weight excluding hydrogens is 208 g/mol. The number of nitrogens with one attached hydrogen (secondary N) is 1. The molecule has 2 nitrogen and oxygen atoms in total. The van der Waals surface area contributed by atoms with Crippen LogP contribution in [0.15, 0.2) is 0 Å². The quantitative estimate of drug-likeness (QED) is 0.686. The molecule has 0 aromatic carbocycles. The summed E-state index contributed by atoms with van der Waals surface area (Å²) >= 11 is 0. The van der Waals surface area contributed by atoms with Crippen LogP contribution in [0.5, 0.6) is 0 Å². The van der Waals surface area contributed by atoms with Crippen LogP contribution in [0.2, 0.25) is 0 Å². The molecule has 102 valence electrons. The molecule has 0 aliphatic heterocycles. The highest BCUT2D eigenvalue weighted by Gasteiger charge is 2.16. The van der Waals surface area contributed by atoms with E-state index in [1.807, 2.05) is 0 Å². The largest absolute Gasteiger partial charge is 0.314 e. The van der Waals surface area contributed by atoms with Gasteiger partial charge in [-0.25, -0.2) is 0 Å². The first-order valence-electron chi connectivity index (χ1n) is 7.67. The molecule has 1 fully saturated rings. The first kappa shape index (κ1) is 15.0. The van der Waals surface area contributed by atoms with E-state index in [2.05, 4.69) is 31.1 Å². The van der Waals surface area contributed by atoms with Gasteiger partial charge in [-0.1, -0.05) is 32.6 Å². The minimum Gasteiger partial charge on any atom is -0.314 e. The van der Waals surface area contributed by atoms with E-state index >= 15 is 0 Å². The molecule has 1 aliphatic carbocycles. The lowest BCUT2D eigenvalue weighted by Crippen LogP contribution is -2.36. The van der Waals surface area contributed by atoms with Gasteiger partial charge in [0.05, 0.1) is 0 Å². The number of nitrogens with zero attached hydrogens (tertiary/aromatic N) is 1. The Morgan fingerprint density at radius 3 is 2.41 bits per heavy atom. The third-order valence-corrected chi connectivity index (χ3v) is 4.11. The third-order valence-electron chi connectivity index (χ3n) is 4.11. The molecule has 0 bridgehead atoms. The molecule has 0 saturated heterocycles. The SMILES string of the molecule is CCCNC(C)CCN(C)C1CCCCCC1. The Morgan fingerprint density at radius 2 is 1.82 bits per heavy atom. The summed E-state index contributed by atoms with van der Waals surface area (Å²) in [6, 6.07) is 1.53. The monoisotopic (exact) mass is 240 g/mol. The Balaban J connectivity index is 2.16. The van der Waals surface area contributed by atoms with Gasteiger partial charge >= 0.3 is 0 Å². The zero-order valence-electron chi connectivity index (χ0n) is 12.2. The van der Waals surface area contributed by atoms with Crippen LogP contribution in [-0.4, -0.2) is 37.1 Å². The number of hydrogen-bond acceptors (Lipinski definition) is 2. The molecule has 0 amide bonds. The Kier molecular flexibility index (Phi) is 7.87. The first-order chi connectivity index (χ1) is 8.24. The number of hydrogen-bond donors (Lipinski definition) is 1. The van der Waals surface area contributed by atoms with E-state index in [4.69, 9.17) is 0 Å². The van der Waals surface area contributed by atoms with Gasteiger partial charge in [0.25, 0.3) is 0 Å². The van der Waals surface area contributed by atoms with Crippen LogP contribution < -0.4 is 5.32 Å². The van der Waals surface area contributed by atoms with Gasteiger partial charge in [-0.3, -0.25) is 0 Å². The zero-order chi connectivity index (χ0) is 12.5. The molecule has 0 radical (unpaired) electrons. The van der Waals surface area contributed by atoms with Crippen LogP contribution in [0.1, 0.15) is 65.2 Å². The van der Waals surface area contributed by atoms with Crippen molar-refractivity contribution in [3.05, 3.63) is 0 Å². The summed E-state index contributed by atoms with van der Waals surface area (Å²) in [7, 11) is 2.32. The second kappa shape index (κ2) is 8.93. The van der Waals surface area contributed by atoms with Crippen LogP contribution >= 0.6 is 0 Å². The van der Waals surface area contributed by atoms with Gasteiger partial charge in [0.15, 0.2) is 0 Å². The van der Waals surface area contributed by atoms with Crippen molar-refractivity contribution < 1.29 is 0 Å². The molecule has 1 N–H and O–H groups in total. The van der Waals surface area contributed by atoms with Gasteiger partial charge in [0, 0.05) is 12.1 Å². The maximum absolute atomic E-state index is 3.58. The maximum Gasteiger partial charge on any atom is 0.00922 e. The molecule has 1 rings (SSSR count). The molecule has 1 aliphatic rings. The average Bonchev–Trinajstić information content (AvgIpc) is 2.62. The summed E-state index contributed by atoms with van der Waals surface area (Å²) < 4.78 is 0. The molecule has 0 heterocycles. The summed E-state index contributed by atoms with van der Waals surface area (Å²) in [6.45, 7) is 6.96. The van der Waals surface area contributed by atoms with Crippen LogP contribution in [0.25, 0.3) is 0 Å². The zero-order valence-corrected chi connectivity index (χ0v) is 12.2. The second-order valence-electron chi connectivity index (χ2n) is 5.77. The van der Waals surface area contributed by atoms with Crippen molar-refractivity contribution in [1.29, 1.82) is 0 Å². The van der Waals surface area contributed by atoms with Gasteiger partial charge in [0.2, 0.25) is 0 Å². The first-order valence-corrected chi connectivity index (χ1v) is 7.67. The van der Waals surface area contributed by atoms with Crippen LogP contribution in [0.3, 0.4) is 0 Å². The lowest BCUT2D eigenvalue weighted by atomic mass is 10.1. The van der Waals surface area contributed by atoms with Crippen molar-refractivity contribution in [3.63, 3.8) is 0 Å². The minimum atomic E-state index is 0.670. The Hall–Kier alpha value is -0.0800. The van der Waals surface area contributed by atoms with Crippen molar-refractivity contribution in [1.82, 2.24) is 10.2 Å². The highest BCUT2D eigenvalue weighted by atomic mass is 15.1. The molecule has 2 heteroatoms. The average molecular weight is 240 g/mol. The predicted octanol–water partition coefficient (Wildman–Crippen LogP) is 3.42. The van der Waals surface area contributed by atoms with Crippen LogP contribution in [0.4, 0.5) is 0 Å². The molecule has 17 heavy (non-hydrogen) atoms. The predicted molar refractivity (Wildman–Crippen MR) is 76.5 cm³/mol. The van der Waals surface area contributed by atoms with E-state index in [1.54, 1.807) is 0 Å². The summed E-state index contributed by atoms with van der Waals surface area (Å²) in [4.78, 5) is 2.61. The van der Waals surface area contributed by atoms with Gasteiger partial charge in [0.1, 0.15) is 0 Å². The Bertz CT molecular complexity index is 174. The van der Waals surface area contributed by atoms with Crippen LogP contribution in [-0.2, 0) is 0 Å². The van der Waals surface area contributed by atoms with Gasteiger partial charge in [-0.2, -0.15) is 0 Å². The Labute approximate surface area is 108 Å². The second-order valence-corrected chi connectivity index (χ2v) is 5.77. The van der Waals surface area contributed by atoms with E-state index < -0.39 is 0 Å². The molecule has 0 aromatic heterocycles. The standard InChI is InChI=1S/C15H32N2/c1-4-12-16-14(2)11-13-17(3)15-9-7-5-6-8-10-15/h14-16H,4-13H2,1-3H3. The highest BCUT2D eigenvalue weighted by Crippen LogP contribution is 2.21. The highest BCUT2D eigenvalue weighted by molar-refractivity contribution is 4.73. The summed E-state index contributed by atoms with van der Waals surface area (Å²) in [5.74, 6) is 0. The Morgan fingerprint density at radius 1 is 1.18 bits per heavy atom. The van der Waals surface area contributed by atoms with Gasteiger partial charge < -0.3 is 10.2 Å². The van der Waals surface area contributed by atoms with Crippen molar-refractivity contribution in [2.75, 3.05) is 20.1 Å². The van der Waals surface area contributed by atoms with Crippen molar-refractivity contribution in [3.8, 4) is 0 Å². The summed E-state index contributed by atoms with van der Waals surface area (Å²) in [5, 5.41) is 3.58. The fourth-order valence-electron chi connectivity index (χ4n) is 2.77. The van der Waals surface area contributed by atoms with Crippen molar-refractivity contribution in [2.45, 2.75) is 77.3 Å². The van der Waals surface area contributed by atoms with Gasteiger partial charge in [-0.15, -0.1) is 0 Å². The van der Waals surface area contributed by atoms with E-state index in [1.165, 1.54) is 57.9 Å². The van der Waals surface area contributed by atoms with Crippen LogP contribution in [0, 0.1) is 0 Å². The van der Waals surface area contributed by atoms with Gasteiger partial charge in [-0.05, 0) is 52.7 Å². The fourth-order valence-corrected chi connectivity index (χ4v) is 2.77. The molecule has 0 aromatic rings. The fraction of sp³-hybridized carbons (Fsp3) is 1.00. The van der Waals surface area contributed by atoms with E-state index in [0.29, 0.717) is 6.04 Å². The molecule has 0 spiro atoms. The number of rotatable bonds is 7. The minimum absolute atomic E-state index is 0.670. The smallest absolute Gasteiger partial charge is 0.00922 e. The van der Waals surface area contributed by atoms with E-state index in [0.717, 1.165) is 12.6 Å². The third kappa shape index (κ3) is 6.42. The lowest BCUT2D eigenvalue weighted by Gasteiger charge is -2.28. The van der Waals surface area contributed by atoms with Crippen molar-refractivity contribution >= 4 is 0 Å². The molecule has 1 atom stereocenters. The maximum atomic E-state index is 3.58.